The molecule has 0 radical (unpaired) electrons. The number of β-amino-alcohol motifs (C(OH)–C–C–N with tert-alkyl or cyclic N) is 1. The molecule has 0 aliphatic carbocycles. The van der Waals surface area contributed by atoms with Crippen LogP contribution in [0.15, 0.2) is 54.9 Å². The maximum absolute atomic E-state index is 16.6. The Kier molecular flexibility index (Phi) is 6.27. The average molecular weight is 584 g/mol. The summed E-state index contributed by atoms with van der Waals surface area (Å²) in [5.41, 5.74) is 1.24. The highest BCUT2D eigenvalue weighted by Crippen LogP contribution is 2.40. The minimum absolute atomic E-state index is 0.00383. The van der Waals surface area contributed by atoms with Crippen LogP contribution in [-0.2, 0) is 13.1 Å². The van der Waals surface area contributed by atoms with Crippen LogP contribution in [0, 0.1) is 11.6 Å². The topological polar surface area (TPSA) is 92.4 Å². The number of ether oxygens (including phenoxy) is 1. The Morgan fingerprint density at radius 3 is 2.65 bits per heavy atom. The Hall–Kier alpha value is -4.22. The first-order valence-corrected chi connectivity index (χ1v) is 14.8. The van der Waals surface area contributed by atoms with Crippen molar-refractivity contribution in [2.24, 2.45) is 0 Å². The molecule has 9 nitrogen and oxygen atoms in total. The summed E-state index contributed by atoms with van der Waals surface area (Å²) in [6.07, 6.45) is 6.85. The molecule has 1 atom stereocenters. The molecule has 0 bridgehead atoms. The second-order valence-electron chi connectivity index (χ2n) is 11.9. The largest absolute Gasteiger partial charge is 0.461 e. The van der Waals surface area contributed by atoms with Crippen LogP contribution in [0.3, 0.4) is 0 Å². The lowest BCUT2D eigenvalue weighted by atomic mass is 9.95. The number of anilines is 1. The van der Waals surface area contributed by atoms with Crippen molar-refractivity contribution in [2.75, 3.05) is 31.1 Å². The fraction of sp³-hybridized carbons (Fsp3) is 0.375. The molecule has 1 unspecified atom stereocenters. The molecule has 8 rings (SSSR count). The zero-order valence-corrected chi connectivity index (χ0v) is 23.6. The van der Waals surface area contributed by atoms with E-state index in [0.29, 0.717) is 47.2 Å². The quantitative estimate of drug-likeness (QED) is 0.318. The summed E-state index contributed by atoms with van der Waals surface area (Å²) in [4.78, 5) is 18.3. The first-order valence-electron chi connectivity index (χ1n) is 14.8. The summed E-state index contributed by atoms with van der Waals surface area (Å²) >= 11 is 0. The van der Waals surface area contributed by atoms with Crippen molar-refractivity contribution in [1.82, 2.24) is 29.6 Å². The third-order valence-corrected chi connectivity index (χ3v) is 9.31. The molecule has 1 N–H and O–H groups in total. The molecule has 2 fully saturated rings. The number of aliphatic hydroxyl groups excluding tert-OH is 1. The van der Waals surface area contributed by atoms with Crippen LogP contribution in [-0.4, -0.2) is 72.6 Å². The van der Waals surface area contributed by atoms with E-state index in [-0.39, 0.29) is 29.3 Å². The van der Waals surface area contributed by atoms with E-state index >= 15 is 8.78 Å². The predicted octanol–water partition coefficient (Wildman–Crippen LogP) is 4.71. The van der Waals surface area contributed by atoms with Gasteiger partial charge in [0.05, 0.1) is 35.8 Å². The SMILES string of the molecule is OC1CN(c2nc(OCC34CCCN3CCC4)nc3c(F)c(-c4cccc5cccc(F)c45)ncc23)Cc2ccnn2C1. The number of aromatic nitrogens is 5. The van der Waals surface area contributed by atoms with Crippen molar-refractivity contribution in [2.45, 2.75) is 50.4 Å². The van der Waals surface area contributed by atoms with Crippen LogP contribution in [0.25, 0.3) is 32.9 Å². The predicted molar refractivity (Wildman–Crippen MR) is 158 cm³/mol. The van der Waals surface area contributed by atoms with Crippen LogP contribution >= 0.6 is 0 Å². The minimum Gasteiger partial charge on any atom is -0.461 e. The Morgan fingerprint density at radius 2 is 1.81 bits per heavy atom. The van der Waals surface area contributed by atoms with Gasteiger partial charge in [-0.25, -0.2) is 8.78 Å². The first-order chi connectivity index (χ1) is 21.0. The zero-order valence-electron chi connectivity index (χ0n) is 23.6. The van der Waals surface area contributed by atoms with Crippen molar-refractivity contribution < 1.29 is 18.6 Å². The highest BCUT2D eigenvalue weighted by molar-refractivity contribution is 5.99. The molecule has 2 saturated heterocycles. The molecule has 220 valence electrons. The monoisotopic (exact) mass is 583 g/mol. The highest BCUT2D eigenvalue weighted by Gasteiger charge is 2.45. The lowest BCUT2D eigenvalue weighted by molar-refractivity contribution is 0.108. The van der Waals surface area contributed by atoms with Gasteiger partial charge < -0.3 is 14.7 Å². The van der Waals surface area contributed by atoms with Gasteiger partial charge in [-0.2, -0.15) is 15.1 Å². The number of pyridine rings is 1. The van der Waals surface area contributed by atoms with Crippen molar-refractivity contribution in [3.05, 3.63) is 72.2 Å². The van der Waals surface area contributed by atoms with Crippen molar-refractivity contribution in [3.63, 3.8) is 0 Å². The van der Waals surface area contributed by atoms with Crippen LogP contribution < -0.4 is 9.64 Å². The van der Waals surface area contributed by atoms with Crippen molar-refractivity contribution in [1.29, 1.82) is 0 Å². The molecular formula is C32H31F2N7O2. The van der Waals surface area contributed by atoms with Gasteiger partial charge in [0.1, 0.15) is 29.5 Å². The number of benzene rings is 2. The number of rotatable bonds is 5. The van der Waals surface area contributed by atoms with Gasteiger partial charge in [0, 0.05) is 29.9 Å². The minimum atomic E-state index is -0.726. The number of halogens is 2. The summed E-state index contributed by atoms with van der Waals surface area (Å²) in [5.74, 6) is -0.708. The third-order valence-electron chi connectivity index (χ3n) is 9.31. The normalized spacial score (nSPS) is 20.0. The molecule has 5 aromatic rings. The summed E-state index contributed by atoms with van der Waals surface area (Å²) in [5, 5.41) is 16.5. The van der Waals surface area contributed by atoms with Gasteiger partial charge in [0.25, 0.3) is 0 Å². The van der Waals surface area contributed by atoms with E-state index in [0.717, 1.165) is 44.5 Å². The standard InChI is InChI=1S/C32H31F2N7O2/c33-25-8-2-6-20-5-1-7-23(26(20)25)28-27(34)29-24(15-35-28)30(39-16-21-9-12-36-41(21)18-22(42)17-39)38-31(37-29)43-19-32-10-3-13-40(32)14-4-11-32/h1-2,5-9,12,15,22,42H,3-4,10-11,13-14,16-19H2. The Labute approximate surface area is 246 Å². The summed E-state index contributed by atoms with van der Waals surface area (Å²) in [6, 6.07) is 12.0. The van der Waals surface area contributed by atoms with Gasteiger partial charge in [-0.05, 0) is 56.3 Å². The number of hydrogen-bond donors (Lipinski definition) is 1. The van der Waals surface area contributed by atoms with Crippen LogP contribution in [0.1, 0.15) is 31.4 Å². The van der Waals surface area contributed by atoms with Crippen LogP contribution in [0.5, 0.6) is 6.01 Å². The molecule has 3 aliphatic rings. The zero-order chi connectivity index (χ0) is 29.1. The van der Waals surface area contributed by atoms with Gasteiger partial charge in [-0.15, -0.1) is 0 Å². The van der Waals surface area contributed by atoms with E-state index in [4.69, 9.17) is 9.72 Å². The molecular weight excluding hydrogens is 552 g/mol. The molecule has 11 heteroatoms. The summed E-state index contributed by atoms with van der Waals surface area (Å²) < 4.78 is 39.7. The van der Waals surface area contributed by atoms with Crippen molar-refractivity contribution in [3.8, 4) is 17.3 Å². The molecule has 2 aromatic carbocycles. The lowest BCUT2D eigenvalue weighted by Gasteiger charge is -2.31. The van der Waals surface area contributed by atoms with Crippen molar-refractivity contribution >= 4 is 27.5 Å². The number of hydrogen-bond acceptors (Lipinski definition) is 8. The molecule has 3 aromatic heterocycles. The van der Waals surface area contributed by atoms with Crippen LogP contribution in [0.4, 0.5) is 14.6 Å². The fourth-order valence-electron chi connectivity index (χ4n) is 7.26. The lowest BCUT2D eigenvalue weighted by Crippen LogP contribution is -2.43. The molecule has 0 spiro atoms. The average Bonchev–Trinajstić information content (AvgIpc) is 3.70. The fourth-order valence-corrected chi connectivity index (χ4v) is 7.26. The maximum atomic E-state index is 16.6. The van der Waals surface area contributed by atoms with Gasteiger partial charge in [-0.1, -0.05) is 30.3 Å². The Bertz CT molecular complexity index is 1850. The third kappa shape index (κ3) is 4.41. The van der Waals surface area contributed by atoms with Gasteiger partial charge in [0.15, 0.2) is 5.82 Å². The van der Waals surface area contributed by atoms with E-state index < -0.39 is 17.7 Å². The number of aliphatic hydroxyl groups is 1. The maximum Gasteiger partial charge on any atom is 0.319 e. The molecule has 43 heavy (non-hydrogen) atoms. The second-order valence-corrected chi connectivity index (χ2v) is 11.9. The number of nitrogens with zero attached hydrogens (tertiary/aromatic N) is 7. The van der Waals surface area contributed by atoms with E-state index in [1.54, 1.807) is 41.2 Å². The first kappa shape index (κ1) is 26.4. The van der Waals surface area contributed by atoms with Gasteiger partial charge >= 0.3 is 6.01 Å². The van der Waals surface area contributed by atoms with E-state index in [9.17, 15) is 5.11 Å². The summed E-state index contributed by atoms with van der Waals surface area (Å²) in [6.45, 7) is 3.52. The smallest absolute Gasteiger partial charge is 0.319 e. The molecule has 0 amide bonds. The number of fused-ring (bicyclic) bond motifs is 4. The van der Waals surface area contributed by atoms with Gasteiger partial charge in [0.2, 0.25) is 0 Å². The Morgan fingerprint density at radius 1 is 1.00 bits per heavy atom. The second kappa shape index (κ2) is 10.2. The molecule has 3 aliphatic heterocycles. The highest BCUT2D eigenvalue weighted by atomic mass is 19.1. The van der Waals surface area contributed by atoms with Gasteiger partial charge in [-0.3, -0.25) is 14.6 Å². The van der Waals surface area contributed by atoms with E-state index in [1.165, 1.54) is 12.3 Å². The van der Waals surface area contributed by atoms with E-state index in [2.05, 4.69) is 20.0 Å². The Balaban J connectivity index is 1.27. The molecule has 6 heterocycles. The van der Waals surface area contributed by atoms with Crippen LogP contribution in [0.2, 0.25) is 0 Å². The molecule has 0 saturated carbocycles. The summed E-state index contributed by atoms with van der Waals surface area (Å²) in [7, 11) is 0. The van der Waals surface area contributed by atoms with E-state index in [1.807, 2.05) is 11.0 Å².